The zero-order valence-corrected chi connectivity index (χ0v) is 7.95. The number of hydrogen-bond acceptors (Lipinski definition) is 4. The number of fused-ring (bicyclic) bond motifs is 3. The third kappa shape index (κ3) is 1.22. The highest BCUT2D eigenvalue weighted by molar-refractivity contribution is 5.82. The fraction of sp³-hybridized carbons (Fsp3) is 0.182. The van der Waals surface area contributed by atoms with Crippen molar-refractivity contribution in [2.24, 2.45) is 0 Å². The number of nitrogens with one attached hydrogen (secondary N) is 1. The Morgan fingerprint density at radius 2 is 2.20 bits per heavy atom. The Morgan fingerprint density at radius 3 is 3.13 bits per heavy atom. The van der Waals surface area contributed by atoms with Gasteiger partial charge in [0.05, 0.1) is 17.2 Å². The van der Waals surface area contributed by atoms with E-state index in [0.29, 0.717) is 24.2 Å². The second-order valence-electron chi connectivity index (χ2n) is 3.42. The van der Waals surface area contributed by atoms with Crippen molar-refractivity contribution in [2.45, 2.75) is 6.54 Å². The molecule has 0 bridgehead atoms. The van der Waals surface area contributed by atoms with Crippen LogP contribution < -0.4 is 15.5 Å². The molecule has 0 saturated heterocycles. The van der Waals surface area contributed by atoms with Gasteiger partial charge in [-0.05, 0) is 12.1 Å². The van der Waals surface area contributed by atoms with E-state index in [1.54, 1.807) is 6.07 Å². The van der Waals surface area contributed by atoms with Crippen LogP contribution in [0.3, 0.4) is 0 Å². The van der Waals surface area contributed by atoms with Crippen LogP contribution in [0.4, 0.5) is 0 Å². The van der Waals surface area contributed by atoms with E-state index >= 15 is 0 Å². The minimum Gasteiger partial charge on any atom is -0.478 e. The molecular weight excluding hydrogens is 194 g/mol. The van der Waals surface area contributed by atoms with Crippen molar-refractivity contribution >= 4 is 11.0 Å². The lowest BCUT2D eigenvalue weighted by atomic mass is 10.1. The van der Waals surface area contributed by atoms with Gasteiger partial charge >= 0.3 is 0 Å². The van der Waals surface area contributed by atoms with Gasteiger partial charge in [0.2, 0.25) is 0 Å². The largest absolute Gasteiger partial charge is 0.478 e. The standard InChI is InChI=1S/C11H9NO3/c13-9-3-4-14-11-7(9)1-2-10-8(11)5-12-6-15-10/h1-4,12H,5-6H2. The Hall–Kier alpha value is -1.81. The molecule has 1 aliphatic rings. The van der Waals surface area contributed by atoms with Gasteiger partial charge in [0.25, 0.3) is 0 Å². The van der Waals surface area contributed by atoms with Crippen molar-refractivity contribution in [1.29, 1.82) is 0 Å². The zero-order valence-electron chi connectivity index (χ0n) is 7.95. The van der Waals surface area contributed by atoms with Gasteiger partial charge in [-0.1, -0.05) is 0 Å². The van der Waals surface area contributed by atoms with Crippen molar-refractivity contribution in [3.8, 4) is 5.75 Å². The van der Waals surface area contributed by atoms with Gasteiger partial charge in [0.15, 0.2) is 5.43 Å². The minimum absolute atomic E-state index is 0.0235. The highest BCUT2D eigenvalue weighted by Gasteiger charge is 2.15. The third-order valence-electron chi connectivity index (χ3n) is 2.52. The predicted octanol–water partition coefficient (Wildman–Crippen LogP) is 1.23. The number of hydrogen-bond donors (Lipinski definition) is 1. The fourth-order valence-corrected chi connectivity index (χ4v) is 1.80. The lowest BCUT2D eigenvalue weighted by Crippen LogP contribution is -2.25. The molecular formula is C11H9NO3. The van der Waals surface area contributed by atoms with Crippen molar-refractivity contribution < 1.29 is 9.15 Å². The van der Waals surface area contributed by atoms with Gasteiger partial charge in [-0.3, -0.25) is 10.1 Å². The summed E-state index contributed by atoms with van der Waals surface area (Å²) in [6.45, 7) is 1.16. The molecule has 0 unspecified atom stereocenters. The van der Waals surface area contributed by atoms with Crippen LogP contribution in [0.25, 0.3) is 11.0 Å². The van der Waals surface area contributed by atoms with Gasteiger partial charge in [0.1, 0.15) is 18.1 Å². The van der Waals surface area contributed by atoms with E-state index < -0.39 is 0 Å². The lowest BCUT2D eigenvalue weighted by molar-refractivity contribution is 0.257. The molecule has 0 radical (unpaired) electrons. The molecule has 1 aromatic heterocycles. The smallest absolute Gasteiger partial charge is 0.192 e. The van der Waals surface area contributed by atoms with E-state index in [9.17, 15) is 4.79 Å². The minimum atomic E-state index is -0.0235. The van der Waals surface area contributed by atoms with Crippen LogP contribution in [-0.2, 0) is 6.54 Å². The van der Waals surface area contributed by atoms with Crippen LogP contribution in [0.1, 0.15) is 5.56 Å². The second kappa shape index (κ2) is 3.10. The first-order chi connectivity index (χ1) is 7.36. The van der Waals surface area contributed by atoms with E-state index in [0.717, 1.165) is 11.3 Å². The Morgan fingerprint density at radius 1 is 1.27 bits per heavy atom. The molecule has 0 spiro atoms. The molecule has 0 amide bonds. The van der Waals surface area contributed by atoms with E-state index in [4.69, 9.17) is 9.15 Å². The first-order valence-electron chi connectivity index (χ1n) is 4.73. The maximum atomic E-state index is 11.5. The van der Waals surface area contributed by atoms with Crippen molar-refractivity contribution in [3.05, 3.63) is 40.2 Å². The van der Waals surface area contributed by atoms with Crippen LogP contribution in [0.5, 0.6) is 5.75 Å². The Bertz CT molecular complexity index is 574. The first-order valence-corrected chi connectivity index (χ1v) is 4.73. The maximum absolute atomic E-state index is 11.5. The van der Waals surface area contributed by atoms with Gasteiger partial charge in [-0.2, -0.15) is 0 Å². The molecule has 15 heavy (non-hydrogen) atoms. The van der Waals surface area contributed by atoms with Crippen LogP contribution in [-0.4, -0.2) is 6.73 Å². The predicted molar refractivity (Wildman–Crippen MR) is 54.8 cm³/mol. The molecule has 0 aliphatic carbocycles. The summed E-state index contributed by atoms with van der Waals surface area (Å²) in [5.41, 5.74) is 1.51. The van der Waals surface area contributed by atoms with Gasteiger partial charge in [-0.25, -0.2) is 0 Å². The molecule has 1 aliphatic heterocycles. The number of rotatable bonds is 0. The van der Waals surface area contributed by atoms with Gasteiger partial charge in [0, 0.05) is 12.6 Å². The van der Waals surface area contributed by atoms with E-state index in [1.165, 1.54) is 12.3 Å². The maximum Gasteiger partial charge on any atom is 0.192 e. The summed E-state index contributed by atoms with van der Waals surface area (Å²) in [6, 6.07) is 4.98. The summed E-state index contributed by atoms with van der Waals surface area (Å²) in [7, 11) is 0. The molecule has 0 atom stereocenters. The third-order valence-corrected chi connectivity index (χ3v) is 2.52. The van der Waals surface area contributed by atoms with Crippen LogP contribution in [0.2, 0.25) is 0 Å². The molecule has 0 fully saturated rings. The van der Waals surface area contributed by atoms with E-state index in [-0.39, 0.29) is 5.43 Å². The molecule has 1 N–H and O–H groups in total. The molecule has 3 rings (SSSR count). The van der Waals surface area contributed by atoms with Crippen molar-refractivity contribution in [1.82, 2.24) is 5.32 Å². The first kappa shape index (κ1) is 8.49. The van der Waals surface area contributed by atoms with Crippen LogP contribution >= 0.6 is 0 Å². The van der Waals surface area contributed by atoms with Crippen LogP contribution in [0.15, 0.2) is 33.7 Å². The topological polar surface area (TPSA) is 51.5 Å². The molecule has 2 heterocycles. The molecule has 2 aromatic rings. The second-order valence-corrected chi connectivity index (χ2v) is 3.42. The normalized spacial score (nSPS) is 14.7. The number of ether oxygens (including phenoxy) is 1. The lowest BCUT2D eigenvalue weighted by Gasteiger charge is -2.18. The summed E-state index contributed by atoms with van der Waals surface area (Å²) >= 11 is 0. The number of benzene rings is 1. The Balaban J connectivity index is 2.42. The van der Waals surface area contributed by atoms with Crippen molar-refractivity contribution in [3.63, 3.8) is 0 Å². The summed E-state index contributed by atoms with van der Waals surface area (Å²) < 4.78 is 10.8. The molecule has 0 saturated carbocycles. The summed E-state index contributed by atoms with van der Waals surface area (Å²) in [5.74, 6) is 0.788. The molecule has 1 aromatic carbocycles. The van der Waals surface area contributed by atoms with Gasteiger partial charge < -0.3 is 9.15 Å². The zero-order chi connectivity index (χ0) is 10.3. The molecule has 76 valence electrons. The van der Waals surface area contributed by atoms with E-state index in [2.05, 4.69) is 5.32 Å². The Labute approximate surface area is 85.5 Å². The Kier molecular flexibility index (Phi) is 1.76. The van der Waals surface area contributed by atoms with Crippen LogP contribution in [0, 0.1) is 0 Å². The quantitative estimate of drug-likeness (QED) is 0.699. The highest BCUT2D eigenvalue weighted by Crippen LogP contribution is 2.27. The summed E-state index contributed by atoms with van der Waals surface area (Å²) in [6.07, 6.45) is 1.42. The summed E-state index contributed by atoms with van der Waals surface area (Å²) in [4.78, 5) is 11.5. The fourth-order valence-electron chi connectivity index (χ4n) is 1.80. The molecule has 4 heteroatoms. The van der Waals surface area contributed by atoms with E-state index in [1.807, 2.05) is 6.07 Å². The summed E-state index contributed by atoms with van der Waals surface area (Å²) in [5, 5.41) is 3.67. The monoisotopic (exact) mass is 203 g/mol. The molecule has 4 nitrogen and oxygen atoms in total. The van der Waals surface area contributed by atoms with Gasteiger partial charge in [-0.15, -0.1) is 0 Å². The average Bonchev–Trinajstić information content (AvgIpc) is 2.29. The SMILES string of the molecule is O=c1ccoc2c3c(ccc12)OCNC3. The average molecular weight is 203 g/mol. The van der Waals surface area contributed by atoms with Crippen molar-refractivity contribution in [2.75, 3.05) is 6.73 Å². The highest BCUT2D eigenvalue weighted by atomic mass is 16.5.